The van der Waals surface area contributed by atoms with Crippen LogP contribution in [0.25, 0.3) is 5.69 Å². The van der Waals surface area contributed by atoms with Crippen LogP contribution >= 0.6 is 11.6 Å². The zero-order chi connectivity index (χ0) is 23.9. The van der Waals surface area contributed by atoms with Gasteiger partial charge in [-0.1, -0.05) is 31.5 Å². The number of hydrogen-bond donors (Lipinski definition) is 1. The van der Waals surface area contributed by atoms with Crippen LogP contribution in [-0.2, 0) is 6.42 Å². The van der Waals surface area contributed by atoms with Crippen LogP contribution in [0.1, 0.15) is 46.7 Å². The fourth-order valence-corrected chi connectivity index (χ4v) is 4.16. The van der Waals surface area contributed by atoms with Gasteiger partial charge in [0.2, 0.25) is 0 Å². The number of benzene rings is 2. The highest BCUT2D eigenvalue weighted by atomic mass is 35.5. The number of carbonyl (C=O) groups excluding carboxylic acids is 2. The van der Waals surface area contributed by atoms with Crippen molar-refractivity contribution in [1.29, 1.82) is 0 Å². The molecule has 3 aromatic rings. The molecule has 1 N–H and O–H groups in total. The standard InChI is InChI=1S/C24H20ClN3O5/c1-24(2)12-20-18(21(29)13-24)11-19(23(31)27(20)16-8-6-14(25)7-9-16)22(30)26-15-4-3-5-17(10-15)28(32)33/h3-11H,12-13H2,1-2H3,(H,26,30). The van der Waals surface area contributed by atoms with Crippen molar-refractivity contribution < 1.29 is 14.5 Å². The summed E-state index contributed by atoms with van der Waals surface area (Å²) in [5.74, 6) is -0.919. The summed E-state index contributed by atoms with van der Waals surface area (Å²) < 4.78 is 1.38. The second-order valence-corrected chi connectivity index (χ2v) is 9.17. The van der Waals surface area contributed by atoms with E-state index in [1.54, 1.807) is 24.3 Å². The molecule has 0 spiro atoms. The summed E-state index contributed by atoms with van der Waals surface area (Å²) >= 11 is 6.00. The second-order valence-electron chi connectivity index (χ2n) is 8.74. The van der Waals surface area contributed by atoms with Gasteiger partial charge in [0.1, 0.15) is 5.56 Å². The molecular formula is C24H20ClN3O5. The van der Waals surface area contributed by atoms with Crippen molar-refractivity contribution in [2.24, 2.45) is 5.41 Å². The number of fused-ring (bicyclic) bond motifs is 1. The van der Waals surface area contributed by atoms with Gasteiger partial charge in [0.25, 0.3) is 17.2 Å². The molecule has 0 saturated heterocycles. The Morgan fingerprint density at radius 2 is 1.79 bits per heavy atom. The van der Waals surface area contributed by atoms with E-state index in [1.165, 1.54) is 34.9 Å². The highest BCUT2D eigenvalue weighted by molar-refractivity contribution is 6.30. The van der Waals surface area contributed by atoms with Gasteiger partial charge in [-0.05, 0) is 48.2 Å². The summed E-state index contributed by atoms with van der Waals surface area (Å²) in [5.41, 5.74) is 0.121. The van der Waals surface area contributed by atoms with E-state index < -0.39 is 16.4 Å². The van der Waals surface area contributed by atoms with Gasteiger partial charge in [0.05, 0.1) is 4.92 Å². The molecule has 168 valence electrons. The van der Waals surface area contributed by atoms with Crippen molar-refractivity contribution in [3.8, 4) is 5.69 Å². The van der Waals surface area contributed by atoms with Crippen molar-refractivity contribution in [3.05, 3.63) is 96.9 Å². The third-order valence-electron chi connectivity index (χ3n) is 5.53. The average molecular weight is 466 g/mol. The minimum atomic E-state index is -0.761. The van der Waals surface area contributed by atoms with Gasteiger partial charge < -0.3 is 5.32 Å². The summed E-state index contributed by atoms with van der Waals surface area (Å²) in [5, 5.41) is 14.0. The van der Waals surface area contributed by atoms with Gasteiger partial charge in [-0.3, -0.25) is 29.1 Å². The first kappa shape index (κ1) is 22.4. The molecule has 0 radical (unpaired) electrons. The van der Waals surface area contributed by atoms with E-state index in [1.807, 2.05) is 13.8 Å². The Labute approximate surface area is 194 Å². The molecular weight excluding hydrogens is 446 g/mol. The van der Waals surface area contributed by atoms with Crippen LogP contribution in [0.15, 0.2) is 59.4 Å². The van der Waals surface area contributed by atoms with E-state index in [9.17, 15) is 24.5 Å². The molecule has 1 aliphatic carbocycles. The lowest BCUT2D eigenvalue weighted by molar-refractivity contribution is -0.384. The molecule has 9 heteroatoms. The Balaban J connectivity index is 1.86. The molecule has 1 heterocycles. The first-order valence-corrected chi connectivity index (χ1v) is 10.6. The van der Waals surface area contributed by atoms with Gasteiger partial charge in [-0.2, -0.15) is 0 Å². The van der Waals surface area contributed by atoms with Gasteiger partial charge >= 0.3 is 0 Å². The Morgan fingerprint density at radius 1 is 1.09 bits per heavy atom. The summed E-state index contributed by atoms with van der Waals surface area (Å²) in [7, 11) is 0. The number of nitrogens with zero attached hydrogens (tertiary/aromatic N) is 2. The van der Waals surface area contributed by atoms with E-state index in [2.05, 4.69) is 5.32 Å². The number of ketones is 1. The van der Waals surface area contributed by atoms with Gasteiger partial charge in [-0.15, -0.1) is 0 Å². The molecule has 0 unspecified atom stereocenters. The molecule has 0 saturated carbocycles. The van der Waals surface area contributed by atoms with Gasteiger partial charge in [0, 0.05) is 46.2 Å². The first-order chi connectivity index (χ1) is 15.6. The second kappa shape index (κ2) is 8.29. The lowest BCUT2D eigenvalue weighted by Gasteiger charge is -2.32. The average Bonchev–Trinajstić information content (AvgIpc) is 2.74. The maximum atomic E-state index is 13.5. The summed E-state index contributed by atoms with van der Waals surface area (Å²) in [6, 6.07) is 13.3. The number of halogens is 1. The maximum Gasteiger partial charge on any atom is 0.271 e. The van der Waals surface area contributed by atoms with E-state index in [4.69, 9.17) is 11.6 Å². The smallest absolute Gasteiger partial charge is 0.271 e. The third kappa shape index (κ3) is 4.42. The number of nitro groups is 1. The molecule has 1 aromatic heterocycles. The maximum absolute atomic E-state index is 13.5. The Kier molecular flexibility index (Phi) is 5.63. The number of carbonyl (C=O) groups is 2. The third-order valence-corrected chi connectivity index (χ3v) is 5.78. The Bertz CT molecular complexity index is 1360. The van der Waals surface area contributed by atoms with Gasteiger partial charge in [-0.25, -0.2) is 0 Å². The van der Waals surface area contributed by atoms with Crippen molar-refractivity contribution in [2.75, 3.05) is 5.32 Å². The predicted molar refractivity (Wildman–Crippen MR) is 125 cm³/mol. The van der Waals surface area contributed by atoms with Crippen LogP contribution in [0.5, 0.6) is 0 Å². The molecule has 1 amide bonds. The van der Waals surface area contributed by atoms with E-state index in [-0.39, 0.29) is 34.6 Å². The Morgan fingerprint density at radius 3 is 2.45 bits per heavy atom. The van der Waals surface area contributed by atoms with Crippen molar-refractivity contribution >= 4 is 34.7 Å². The largest absolute Gasteiger partial charge is 0.322 e. The van der Waals surface area contributed by atoms with E-state index in [0.717, 1.165) is 0 Å². The Hall–Kier alpha value is -3.78. The molecule has 0 bridgehead atoms. The topological polar surface area (TPSA) is 111 Å². The quantitative estimate of drug-likeness (QED) is 0.439. The number of anilines is 1. The first-order valence-electron chi connectivity index (χ1n) is 10.2. The number of nitrogens with one attached hydrogen (secondary N) is 1. The van der Waals surface area contributed by atoms with Crippen LogP contribution in [-0.4, -0.2) is 21.2 Å². The fraction of sp³-hybridized carbons (Fsp3) is 0.208. The van der Waals surface area contributed by atoms with Crippen LogP contribution in [0.2, 0.25) is 5.02 Å². The molecule has 33 heavy (non-hydrogen) atoms. The van der Waals surface area contributed by atoms with Crippen LogP contribution in [0, 0.1) is 15.5 Å². The summed E-state index contributed by atoms with van der Waals surface area (Å²) in [6.45, 7) is 3.90. The van der Waals surface area contributed by atoms with Crippen molar-refractivity contribution in [2.45, 2.75) is 26.7 Å². The van der Waals surface area contributed by atoms with Crippen LogP contribution < -0.4 is 10.9 Å². The molecule has 2 aromatic carbocycles. The van der Waals surface area contributed by atoms with E-state index >= 15 is 0 Å². The molecule has 0 fully saturated rings. The lowest BCUT2D eigenvalue weighted by Crippen LogP contribution is -2.37. The lowest BCUT2D eigenvalue weighted by atomic mass is 9.75. The molecule has 4 rings (SSSR count). The van der Waals surface area contributed by atoms with Gasteiger partial charge in [0.15, 0.2) is 5.78 Å². The number of aromatic nitrogens is 1. The van der Waals surface area contributed by atoms with Crippen molar-refractivity contribution in [3.63, 3.8) is 0 Å². The zero-order valence-corrected chi connectivity index (χ0v) is 18.7. The monoisotopic (exact) mass is 465 g/mol. The van der Waals surface area contributed by atoms with Crippen molar-refractivity contribution in [1.82, 2.24) is 4.57 Å². The van der Waals surface area contributed by atoms with Crippen LogP contribution in [0.3, 0.4) is 0 Å². The van der Waals surface area contributed by atoms with Crippen LogP contribution in [0.4, 0.5) is 11.4 Å². The number of Topliss-reactive ketones (excluding diaryl/α,β-unsaturated/α-hetero) is 1. The number of amides is 1. The SMILES string of the molecule is CC1(C)CC(=O)c2cc(C(=O)Nc3cccc([N+](=O)[O-])c3)c(=O)n(-c3ccc(Cl)cc3)c2C1. The number of non-ortho nitro benzene ring substituents is 1. The minimum Gasteiger partial charge on any atom is -0.322 e. The zero-order valence-electron chi connectivity index (χ0n) is 17.9. The normalized spacial score (nSPS) is 14.5. The number of rotatable bonds is 4. The number of hydrogen-bond acceptors (Lipinski definition) is 5. The molecule has 0 aliphatic heterocycles. The number of pyridine rings is 1. The molecule has 8 nitrogen and oxygen atoms in total. The summed E-state index contributed by atoms with van der Waals surface area (Å²) in [4.78, 5) is 50.0. The molecule has 1 aliphatic rings. The summed E-state index contributed by atoms with van der Waals surface area (Å²) in [6.07, 6.45) is 0.753. The predicted octanol–water partition coefficient (Wildman–Crippen LogP) is 4.81. The van der Waals surface area contributed by atoms with E-state index in [0.29, 0.717) is 28.4 Å². The molecule has 0 atom stereocenters. The number of nitro benzene ring substituents is 1. The fourth-order valence-electron chi connectivity index (χ4n) is 4.04. The minimum absolute atomic E-state index is 0.159. The highest BCUT2D eigenvalue weighted by Crippen LogP contribution is 2.35. The highest BCUT2D eigenvalue weighted by Gasteiger charge is 2.35.